The van der Waals surface area contributed by atoms with Gasteiger partial charge in [0.15, 0.2) is 6.10 Å². The van der Waals surface area contributed by atoms with Crippen LogP contribution in [0, 0.1) is 0 Å². The van der Waals surface area contributed by atoms with Crippen molar-refractivity contribution in [2.75, 3.05) is 6.61 Å². The predicted molar refractivity (Wildman–Crippen MR) is 68.2 cm³/mol. The molecule has 0 bridgehead atoms. The third kappa shape index (κ3) is 5.32. The number of ether oxygens (including phenoxy) is 5. The molecule has 1 aliphatic rings. The largest absolute Gasteiger partial charge is 0.463 e. The second kappa shape index (κ2) is 7.74. The van der Waals surface area contributed by atoms with Gasteiger partial charge >= 0.3 is 23.9 Å². The van der Waals surface area contributed by atoms with Gasteiger partial charge in [0.25, 0.3) is 0 Å². The van der Waals surface area contributed by atoms with E-state index >= 15 is 0 Å². The van der Waals surface area contributed by atoms with Crippen LogP contribution in [0.25, 0.3) is 0 Å². The molecule has 22 heavy (non-hydrogen) atoms. The minimum Gasteiger partial charge on any atom is -0.463 e. The van der Waals surface area contributed by atoms with E-state index in [0.717, 1.165) is 20.8 Å². The Hall–Kier alpha value is -2.16. The first-order valence-electron chi connectivity index (χ1n) is 6.51. The lowest BCUT2D eigenvalue weighted by atomic mass is 10.1. The Kier molecular flexibility index (Phi) is 6.29. The van der Waals surface area contributed by atoms with Gasteiger partial charge in [0.1, 0.15) is 12.7 Å². The maximum atomic E-state index is 11.2. The van der Waals surface area contributed by atoms with Crippen molar-refractivity contribution in [3.63, 3.8) is 0 Å². The molecule has 0 aromatic heterocycles. The predicted octanol–water partition coefficient (Wildman–Crippen LogP) is -0.299. The van der Waals surface area contributed by atoms with E-state index in [4.69, 9.17) is 23.7 Å². The SMILES string of the molecule is CC(=O)OC[C@@H]1O[C@@H](OC(C)=O)[C@H](OC(C)=O)[C@H]1OC(C)=O. The van der Waals surface area contributed by atoms with Gasteiger partial charge in [-0.05, 0) is 0 Å². The standard InChI is InChI=1S/C13H18O9/c1-6(14)18-5-10-11(19-7(2)15)12(20-8(3)16)13(22-10)21-9(4)17/h10-13H,5H2,1-4H3/t10-,11-,12+,13+/m0/s1. The first kappa shape index (κ1) is 17.9. The van der Waals surface area contributed by atoms with Gasteiger partial charge in [-0.3, -0.25) is 19.2 Å². The van der Waals surface area contributed by atoms with Crippen molar-refractivity contribution in [2.24, 2.45) is 0 Å². The number of esters is 4. The number of hydrogen-bond donors (Lipinski definition) is 0. The third-order valence-electron chi connectivity index (χ3n) is 2.60. The molecule has 0 aromatic carbocycles. The molecule has 9 heteroatoms. The maximum absolute atomic E-state index is 11.2. The molecule has 4 atom stereocenters. The molecule has 9 nitrogen and oxygen atoms in total. The highest BCUT2D eigenvalue weighted by Gasteiger charge is 2.51. The summed E-state index contributed by atoms with van der Waals surface area (Å²) in [5.74, 6) is -2.56. The molecule has 1 heterocycles. The molecule has 1 rings (SSSR count). The van der Waals surface area contributed by atoms with Gasteiger partial charge in [-0.25, -0.2) is 0 Å². The van der Waals surface area contributed by atoms with E-state index in [-0.39, 0.29) is 6.61 Å². The summed E-state index contributed by atoms with van der Waals surface area (Å²) in [6.45, 7) is 4.40. The van der Waals surface area contributed by atoms with Gasteiger partial charge in [0.2, 0.25) is 12.4 Å². The summed E-state index contributed by atoms with van der Waals surface area (Å²) < 4.78 is 25.2. The Morgan fingerprint density at radius 3 is 1.73 bits per heavy atom. The zero-order valence-electron chi connectivity index (χ0n) is 12.7. The van der Waals surface area contributed by atoms with Crippen molar-refractivity contribution in [1.82, 2.24) is 0 Å². The van der Waals surface area contributed by atoms with Crippen LogP contribution in [-0.2, 0) is 42.9 Å². The average molecular weight is 318 g/mol. The van der Waals surface area contributed by atoms with E-state index in [1.807, 2.05) is 0 Å². The molecular weight excluding hydrogens is 300 g/mol. The van der Waals surface area contributed by atoms with Crippen molar-refractivity contribution in [2.45, 2.75) is 52.3 Å². The van der Waals surface area contributed by atoms with E-state index in [9.17, 15) is 19.2 Å². The molecule has 1 fully saturated rings. The van der Waals surface area contributed by atoms with Crippen LogP contribution in [0.3, 0.4) is 0 Å². The monoisotopic (exact) mass is 318 g/mol. The van der Waals surface area contributed by atoms with Crippen molar-refractivity contribution < 1.29 is 42.9 Å². The van der Waals surface area contributed by atoms with E-state index in [2.05, 4.69) is 0 Å². The average Bonchev–Trinajstić information content (AvgIpc) is 2.63. The fourth-order valence-electron chi connectivity index (χ4n) is 1.93. The van der Waals surface area contributed by atoms with Crippen molar-refractivity contribution in [3.8, 4) is 0 Å². The molecule has 0 N–H and O–H groups in total. The number of hydrogen-bond acceptors (Lipinski definition) is 9. The van der Waals surface area contributed by atoms with Crippen LogP contribution < -0.4 is 0 Å². The lowest BCUT2D eigenvalue weighted by Crippen LogP contribution is -2.42. The first-order chi connectivity index (χ1) is 10.2. The minimum absolute atomic E-state index is 0.247. The van der Waals surface area contributed by atoms with Gasteiger partial charge < -0.3 is 23.7 Å². The van der Waals surface area contributed by atoms with Gasteiger partial charge in [-0.1, -0.05) is 0 Å². The van der Waals surface area contributed by atoms with Crippen LogP contribution in [0.4, 0.5) is 0 Å². The highest BCUT2D eigenvalue weighted by Crippen LogP contribution is 2.28. The van der Waals surface area contributed by atoms with Gasteiger partial charge in [0.05, 0.1) is 0 Å². The lowest BCUT2D eigenvalue weighted by Gasteiger charge is -2.22. The Bertz CT molecular complexity index is 458. The summed E-state index contributed by atoms with van der Waals surface area (Å²) in [6, 6.07) is 0. The number of rotatable bonds is 5. The second-order valence-electron chi connectivity index (χ2n) is 4.60. The van der Waals surface area contributed by atoms with Gasteiger partial charge in [-0.2, -0.15) is 0 Å². The van der Waals surface area contributed by atoms with Crippen LogP contribution in [0.1, 0.15) is 27.7 Å². The van der Waals surface area contributed by atoms with Crippen LogP contribution in [-0.4, -0.2) is 55.1 Å². The van der Waals surface area contributed by atoms with E-state index < -0.39 is 48.5 Å². The van der Waals surface area contributed by atoms with Crippen molar-refractivity contribution in [1.29, 1.82) is 0 Å². The summed E-state index contributed by atoms with van der Waals surface area (Å²) in [7, 11) is 0. The van der Waals surface area contributed by atoms with E-state index in [1.54, 1.807) is 0 Å². The molecule has 0 aromatic rings. The van der Waals surface area contributed by atoms with Crippen LogP contribution >= 0.6 is 0 Å². The van der Waals surface area contributed by atoms with E-state index in [0.29, 0.717) is 0 Å². The summed E-state index contributed by atoms with van der Waals surface area (Å²) in [5, 5.41) is 0. The normalized spacial score (nSPS) is 26.9. The summed E-state index contributed by atoms with van der Waals surface area (Å²) in [5.41, 5.74) is 0. The van der Waals surface area contributed by atoms with Crippen LogP contribution in [0.5, 0.6) is 0 Å². The van der Waals surface area contributed by atoms with Crippen molar-refractivity contribution >= 4 is 23.9 Å². The zero-order chi connectivity index (χ0) is 16.9. The summed E-state index contributed by atoms with van der Waals surface area (Å²) in [6.07, 6.45) is -4.40. The summed E-state index contributed by atoms with van der Waals surface area (Å²) >= 11 is 0. The Morgan fingerprint density at radius 2 is 1.27 bits per heavy atom. The minimum atomic E-state index is -1.26. The quantitative estimate of drug-likeness (QED) is 0.497. The Morgan fingerprint density at radius 1 is 0.773 bits per heavy atom. The van der Waals surface area contributed by atoms with Gasteiger partial charge in [-0.15, -0.1) is 0 Å². The topological polar surface area (TPSA) is 114 Å². The van der Waals surface area contributed by atoms with E-state index in [1.165, 1.54) is 6.92 Å². The molecule has 0 unspecified atom stereocenters. The molecule has 1 saturated heterocycles. The molecule has 124 valence electrons. The maximum Gasteiger partial charge on any atom is 0.305 e. The van der Waals surface area contributed by atoms with Crippen LogP contribution in [0.2, 0.25) is 0 Å². The molecule has 0 aliphatic carbocycles. The zero-order valence-corrected chi connectivity index (χ0v) is 12.7. The fourth-order valence-corrected chi connectivity index (χ4v) is 1.93. The molecule has 0 radical (unpaired) electrons. The molecule has 1 aliphatic heterocycles. The smallest absolute Gasteiger partial charge is 0.305 e. The molecule has 0 amide bonds. The van der Waals surface area contributed by atoms with Gasteiger partial charge in [0, 0.05) is 27.7 Å². The Balaban J connectivity index is 2.94. The third-order valence-corrected chi connectivity index (χ3v) is 2.60. The second-order valence-corrected chi connectivity index (χ2v) is 4.60. The first-order valence-corrected chi connectivity index (χ1v) is 6.51. The number of carbonyl (C=O) groups is 4. The van der Waals surface area contributed by atoms with Crippen molar-refractivity contribution in [3.05, 3.63) is 0 Å². The molecule has 0 spiro atoms. The molecule has 0 saturated carbocycles. The molecular formula is C13H18O9. The number of carbonyl (C=O) groups excluding carboxylic acids is 4. The lowest BCUT2D eigenvalue weighted by molar-refractivity contribution is -0.197. The highest BCUT2D eigenvalue weighted by molar-refractivity contribution is 5.68. The fraction of sp³-hybridized carbons (Fsp3) is 0.692. The highest BCUT2D eigenvalue weighted by atomic mass is 16.8. The Labute approximate surface area is 126 Å². The summed E-state index contributed by atoms with van der Waals surface area (Å²) in [4.78, 5) is 44.4. The van der Waals surface area contributed by atoms with Crippen LogP contribution in [0.15, 0.2) is 0 Å².